The molecular formula is C10H16BrNO. The van der Waals surface area contributed by atoms with Crippen LogP contribution in [0.2, 0.25) is 0 Å². The lowest BCUT2D eigenvalue weighted by atomic mass is 9.83. The van der Waals surface area contributed by atoms with Gasteiger partial charge in [-0.2, -0.15) is 0 Å². The summed E-state index contributed by atoms with van der Waals surface area (Å²) in [6.07, 6.45) is 5.81. The first kappa shape index (κ1) is 9.50. The second kappa shape index (κ2) is 3.99. The number of halogens is 1. The lowest BCUT2D eigenvalue weighted by molar-refractivity contribution is -0.131. The molecule has 0 bridgehead atoms. The number of hydrogen-bond acceptors (Lipinski definition) is 1. The van der Waals surface area contributed by atoms with Crippen molar-refractivity contribution in [2.24, 2.45) is 5.92 Å². The van der Waals surface area contributed by atoms with Crippen molar-refractivity contribution in [2.75, 3.05) is 13.1 Å². The minimum atomic E-state index is 0.381. The summed E-state index contributed by atoms with van der Waals surface area (Å²) in [6, 6.07) is 0. The highest BCUT2D eigenvalue weighted by atomic mass is 79.9. The smallest absolute Gasteiger partial charge is 0.222 e. The summed E-state index contributed by atoms with van der Waals surface area (Å²) in [7, 11) is 0. The molecule has 1 saturated heterocycles. The second-order valence-corrected chi connectivity index (χ2v) is 5.52. The maximum absolute atomic E-state index is 11.7. The van der Waals surface area contributed by atoms with Crippen molar-refractivity contribution < 1.29 is 4.79 Å². The van der Waals surface area contributed by atoms with E-state index in [0.717, 1.165) is 25.9 Å². The van der Waals surface area contributed by atoms with Crippen LogP contribution < -0.4 is 0 Å². The molecule has 1 saturated carbocycles. The van der Waals surface area contributed by atoms with Crippen molar-refractivity contribution in [1.82, 2.24) is 4.90 Å². The van der Waals surface area contributed by atoms with Crippen LogP contribution in [0.15, 0.2) is 0 Å². The van der Waals surface area contributed by atoms with Crippen molar-refractivity contribution in [3.8, 4) is 0 Å². The third-order valence-corrected chi connectivity index (χ3v) is 3.92. The van der Waals surface area contributed by atoms with Gasteiger partial charge in [-0.15, -0.1) is 0 Å². The van der Waals surface area contributed by atoms with Crippen molar-refractivity contribution in [2.45, 2.75) is 36.9 Å². The summed E-state index contributed by atoms with van der Waals surface area (Å²) in [4.78, 5) is 14.3. The monoisotopic (exact) mass is 245 g/mol. The van der Waals surface area contributed by atoms with E-state index in [1.54, 1.807) is 0 Å². The Bertz CT molecular complexity index is 203. The maximum atomic E-state index is 11.7. The topological polar surface area (TPSA) is 20.3 Å². The zero-order chi connectivity index (χ0) is 9.26. The highest BCUT2D eigenvalue weighted by molar-refractivity contribution is 9.09. The molecule has 0 aromatic rings. The molecule has 1 unspecified atom stereocenters. The van der Waals surface area contributed by atoms with Gasteiger partial charge in [0.2, 0.25) is 5.91 Å². The lowest BCUT2D eigenvalue weighted by Gasteiger charge is -2.26. The standard InChI is InChI=1S/C10H16BrNO/c11-9-4-5-12(7-9)10(13)6-8-2-1-3-8/h8-9H,1-7H2. The molecule has 13 heavy (non-hydrogen) atoms. The maximum Gasteiger partial charge on any atom is 0.222 e. The fourth-order valence-corrected chi connectivity index (χ4v) is 2.57. The van der Waals surface area contributed by atoms with Gasteiger partial charge >= 0.3 is 0 Å². The van der Waals surface area contributed by atoms with E-state index in [-0.39, 0.29) is 0 Å². The highest BCUT2D eigenvalue weighted by Crippen LogP contribution is 2.30. The summed E-state index contributed by atoms with van der Waals surface area (Å²) in [6.45, 7) is 1.88. The molecule has 1 atom stereocenters. The van der Waals surface area contributed by atoms with Crippen molar-refractivity contribution >= 4 is 21.8 Å². The van der Waals surface area contributed by atoms with Gasteiger partial charge in [0.15, 0.2) is 0 Å². The molecule has 2 nitrogen and oxygen atoms in total. The summed E-state index contributed by atoms with van der Waals surface area (Å²) in [5.41, 5.74) is 0. The van der Waals surface area contributed by atoms with Crippen LogP contribution in [-0.2, 0) is 4.79 Å². The summed E-state index contributed by atoms with van der Waals surface area (Å²) in [5, 5.41) is 0. The molecule has 1 amide bonds. The van der Waals surface area contributed by atoms with Gasteiger partial charge in [0, 0.05) is 24.3 Å². The quantitative estimate of drug-likeness (QED) is 0.684. The Kier molecular flexibility index (Phi) is 2.92. The molecular weight excluding hydrogens is 230 g/mol. The third-order valence-electron chi connectivity index (χ3n) is 3.17. The van der Waals surface area contributed by atoms with Gasteiger partial charge in [0.05, 0.1) is 0 Å². The Labute approximate surface area is 87.8 Å². The molecule has 2 fully saturated rings. The van der Waals surface area contributed by atoms with E-state index in [0.29, 0.717) is 16.7 Å². The van der Waals surface area contributed by atoms with E-state index in [1.165, 1.54) is 19.3 Å². The number of amides is 1. The molecule has 1 aliphatic heterocycles. The van der Waals surface area contributed by atoms with Crippen LogP contribution in [0.5, 0.6) is 0 Å². The number of likely N-dealkylation sites (tertiary alicyclic amines) is 1. The predicted molar refractivity (Wildman–Crippen MR) is 55.9 cm³/mol. The van der Waals surface area contributed by atoms with E-state index in [4.69, 9.17) is 0 Å². The molecule has 0 N–H and O–H groups in total. The molecule has 1 heterocycles. The van der Waals surface area contributed by atoms with E-state index in [2.05, 4.69) is 15.9 Å². The Morgan fingerprint density at radius 3 is 2.62 bits per heavy atom. The Morgan fingerprint density at radius 1 is 1.38 bits per heavy atom. The van der Waals surface area contributed by atoms with Gasteiger partial charge < -0.3 is 4.90 Å². The molecule has 0 spiro atoms. The molecule has 74 valence electrons. The van der Waals surface area contributed by atoms with Crippen molar-refractivity contribution in [3.63, 3.8) is 0 Å². The number of nitrogens with zero attached hydrogens (tertiary/aromatic N) is 1. The van der Waals surface area contributed by atoms with Gasteiger partial charge in [-0.25, -0.2) is 0 Å². The lowest BCUT2D eigenvalue weighted by Crippen LogP contribution is -2.31. The SMILES string of the molecule is O=C(CC1CCC1)N1CCC(Br)C1. The average molecular weight is 246 g/mol. The summed E-state index contributed by atoms with van der Waals surface area (Å²) in [5.74, 6) is 1.09. The third kappa shape index (κ3) is 2.25. The zero-order valence-electron chi connectivity index (χ0n) is 7.84. The number of hydrogen-bond donors (Lipinski definition) is 0. The fourth-order valence-electron chi connectivity index (χ4n) is 2.02. The van der Waals surface area contributed by atoms with Crippen molar-refractivity contribution in [3.05, 3.63) is 0 Å². The van der Waals surface area contributed by atoms with Crippen LogP contribution >= 0.6 is 15.9 Å². The Morgan fingerprint density at radius 2 is 2.15 bits per heavy atom. The molecule has 0 radical (unpaired) electrons. The van der Waals surface area contributed by atoms with Crippen LogP contribution in [0, 0.1) is 5.92 Å². The van der Waals surface area contributed by atoms with E-state index >= 15 is 0 Å². The van der Waals surface area contributed by atoms with E-state index in [1.807, 2.05) is 4.90 Å². The fraction of sp³-hybridized carbons (Fsp3) is 0.900. The second-order valence-electron chi connectivity index (χ2n) is 4.23. The van der Waals surface area contributed by atoms with Gasteiger partial charge in [-0.3, -0.25) is 4.79 Å². The zero-order valence-corrected chi connectivity index (χ0v) is 9.42. The first-order chi connectivity index (χ1) is 6.25. The molecule has 0 aromatic heterocycles. The van der Waals surface area contributed by atoms with E-state index in [9.17, 15) is 4.79 Å². The van der Waals surface area contributed by atoms with Crippen molar-refractivity contribution in [1.29, 1.82) is 0 Å². The predicted octanol–water partition coefficient (Wildman–Crippen LogP) is 2.17. The Hall–Kier alpha value is -0.0500. The summed E-state index contributed by atoms with van der Waals surface area (Å²) >= 11 is 3.55. The van der Waals surface area contributed by atoms with Crippen LogP contribution in [0.4, 0.5) is 0 Å². The van der Waals surface area contributed by atoms with Gasteiger partial charge in [-0.05, 0) is 25.2 Å². The van der Waals surface area contributed by atoms with Gasteiger partial charge in [0.25, 0.3) is 0 Å². The largest absolute Gasteiger partial charge is 0.342 e. The first-order valence-electron chi connectivity index (χ1n) is 5.17. The van der Waals surface area contributed by atoms with Crippen LogP contribution in [0.3, 0.4) is 0 Å². The normalized spacial score (nSPS) is 29.0. The van der Waals surface area contributed by atoms with Crippen LogP contribution in [0.1, 0.15) is 32.1 Å². The Balaban J connectivity index is 1.76. The van der Waals surface area contributed by atoms with Gasteiger partial charge in [0.1, 0.15) is 0 Å². The number of carbonyl (C=O) groups is 1. The first-order valence-corrected chi connectivity index (χ1v) is 6.09. The minimum absolute atomic E-state index is 0.381. The molecule has 3 heteroatoms. The van der Waals surface area contributed by atoms with Crippen LogP contribution in [-0.4, -0.2) is 28.7 Å². The molecule has 2 rings (SSSR count). The number of rotatable bonds is 2. The average Bonchev–Trinajstić information content (AvgIpc) is 2.44. The van der Waals surface area contributed by atoms with E-state index < -0.39 is 0 Å². The molecule has 2 aliphatic rings. The van der Waals surface area contributed by atoms with Gasteiger partial charge in [-0.1, -0.05) is 22.4 Å². The minimum Gasteiger partial charge on any atom is -0.342 e. The molecule has 0 aromatic carbocycles. The number of carbonyl (C=O) groups excluding carboxylic acids is 1. The highest BCUT2D eigenvalue weighted by Gasteiger charge is 2.27. The summed E-state index contributed by atoms with van der Waals surface area (Å²) < 4.78 is 0. The number of alkyl halides is 1. The molecule has 1 aliphatic carbocycles. The van der Waals surface area contributed by atoms with Crippen LogP contribution in [0.25, 0.3) is 0 Å².